The van der Waals surface area contributed by atoms with Gasteiger partial charge in [-0.15, -0.1) is 0 Å². The number of para-hydroxylation sites is 1. The van der Waals surface area contributed by atoms with Crippen molar-refractivity contribution >= 4 is 11.5 Å². The van der Waals surface area contributed by atoms with Crippen molar-refractivity contribution in [1.82, 2.24) is 0 Å². The van der Waals surface area contributed by atoms with E-state index in [0.717, 1.165) is 6.42 Å². The Morgan fingerprint density at radius 3 is 2.44 bits per heavy atom. The Balaban J connectivity index is 2.26. The van der Waals surface area contributed by atoms with Gasteiger partial charge in [-0.1, -0.05) is 18.2 Å². The molecule has 3 N–H and O–H groups in total. The van der Waals surface area contributed by atoms with Crippen LogP contribution < -0.4 is 10.6 Å². The molecule has 0 saturated carbocycles. The Bertz CT molecular complexity index is 374. The fourth-order valence-electron chi connectivity index (χ4n) is 2.75. The molecule has 3 nitrogen and oxygen atoms in total. The van der Waals surface area contributed by atoms with Crippen LogP contribution in [0.2, 0.25) is 0 Å². The highest BCUT2D eigenvalue weighted by atomic mass is 15.2. The first-order valence-electron chi connectivity index (χ1n) is 5.78. The average Bonchev–Trinajstić information content (AvgIpc) is 2.56. The summed E-state index contributed by atoms with van der Waals surface area (Å²) in [5, 5.41) is 7.62. The van der Waals surface area contributed by atoms with Gasteiger partial charge in [0.1, 0.15) is 0 Å². The van der Waals surface area contributed by atoms with Gasteiger partial charge in [0.05, 0.1) is 5.84 Å². The van der Waals surface area contributed by atoms with Crippen LogP contribution in [0.3, 0.4) is 0 Å². The third-order valence-corrected chi connectivity index (χ3v) is 3.54. The molecule has 1 aromatic carbocycles. The predicted octanol–water partition coefficient (Wildman–Crippen LogP) is 2.23. The van der Waals surface area contributed by atoms with Crippen LogP contribution in [-0.2, 0) is 0 Å². The van der Waals surface area contributed by atoms with E-state index >= 15 is 0 Å². The molecule has 3 atom stereocenters. The topological polar surface area (TPSA) is 53.1 Å². The van der Waals surface area contributed by atoms with E-state index in [0.29, 0.717) is 17.9 Å². The van der Waals surface area contributed by atoms with E-state index in [1.54, 1.807) is 0 Å². The van der Waals surface area contributed by atoms with Crippen LogP contribution in [0.15, 0.2) is 30.3 Å². The molecule has 0 spiro atoms. The first-order chi connectivity index (χ1) is 7.61. The number of anilines is 1. The Morgan fingerprint density at radius 2 is 1.94 bits per heavy atom. The second-order valence-corrected chi connectivity index (χ2v) is 4.63. The molecular weight excluding hydrogens is 198 g/mol. The molecule has 16 heavy (non-hydrogen) atoms. The lowest BCUT2D eigenvalue weighted by Crippen LogP contribution is -2.37. The number of nitrogens with one attached hydrogen (secondary N) is 1. The number of nitrogens with two attached hydrogens (primary N) is 1. The van der Waals surface area contributed by atoms with Crippen molar-refractivity contribution < 1.29 is 0 Å². The smallest absolute Gasteiger partial charge is 0.0958 e. The van der Waals surface area contributed by atoms with E-state index in [-0.39, 0.29) is 5.92 Å². The number of rotatable bonds is 2. The predicted molar refractivity (Wildman–Crippen MR) is 67.9 cm³/mol. The van der Waals surface area contributed by atoms with Crippen LogP contribution in [-0.4, -0.2) is 17.9 Å². The summed E-state index contributed by atoms with van der Waals surface area (Å²) in [6.07, 6.45) is 0.978. The normalized spacial score (nSPS) is 29.4. The molecule has 0 amide bonds. The summed E-state index contributed by atoms with van der Waals surface area (Å²) in [6, 6.07) is 11.1. The molecule has 1 fully saturated rings. The van der Waals surface area contributed by atoms with Gasteiger partial charge >= 0.3 is 0 Å². The molecule has 1 aromatic rings. The van der Waals surface area contributed by atoms with Gasteiger partial charge in [-0.05, 0) is 32.4 Å². The van der Waals surface area contributed by atoms with E-state index in [4.69, 9.17) is 11.1 Å². The van der Waals surface area contributed by atoms with E-state index in [1.807, 2.05) is 6.07 Å². The minimum Gasteiger partial charge on any atom is -0.387 e. The van der Waals surface area contributed by atoms with E-state index in [9.17, 15) is 0 Å². The molecular formula is C13H19N3. The zero-order valence-corrected chi connectivity index (χ0v) is 9.85. The lowest BCUT2D eigenvalue weighted by atomic mass is 9.99. The summed E-state index contributed by atoms with van der Waals surface area (Å²) < 4.78 is 0. The molecule has 86 valence electrons. The first-order valence-corrected chi connectivity index (χ1v) is 5.78. The molecule has 0 radical (unpaired) electrons. The monoisotopic (exact) mass is 217 g/mol. The van der Waals surface area contributed by atoms with Crippen LogP contribution in [0.5, 0.6) is 0 Å². The second-order valence-electron chi connectivity index (χ2n) is 4.63. The zero-order valence-electron chi connectivity index (χ0n) is 9.85. The van der Waals surface area contributed by atoms with Gasteiger partial charge < -0.3 is 10.6 Å². The van der Waals surface area contributed by atoms with Gasteiger partial charge in [-0.25, -0.2) is 0 Å². The molecule has 1 aliphatic heterocycles. The SMILES string of the molecule is C[C@@H]1C[C@H](C(=N)N)[C@H](C)N1c1ccccc1. The van der Waals surface area contributed by atoms with E-state index in [2.05, 4.69) is 43.0 Å². The van der Waals surface area contributed by atoms with E-state index < -0.39 is 0 Å². The molecule has 0 unspecified atom stereocenters. The molecule has 3 heteroatoms. The molecule has 0 aromatic heterocycles. The Kier molecular flexibility index (Phi) is 2.86. The quantitative estimate of drug-likeness (QED) is 0.589. The van der Waals surface area contributed by atoms with Gasteiger partial charge in [0.15, 0.2) is 0 Å². The summed E-state index contributed by atoms with van der Waals surface area (Å²) in [5.74, 6) is 0.507. The maximum atomic E-state index is 7.62. The number of benzene rings is 1. The van der Waals surface area contributed by atoms with Crippen molar-refractivity contribution in [2.45, 2.75) is 32.4 Å². The molecule has 2 rings (SSSR count). The zero-order chi connectivity index (χ0) is 11.7. The van der Waals surface area contributed by atoms with Crippen LogP contribution in [0, 0.1) is 11.3 Å². The molecule has 1 saturated heterocycles. The fourth-order valence-corrected chi connectivity index (χ4v) is 2.75. The summed E-state index contributed by atoms with van der Waals surface area (Å²) >= 11 is 0. The Morgan fingerprint density at radius 1 is 1.31 bits per heavy atom. The first kappa shape index (κ1) is 11.0. The number of hydrogen-bond acceptors (Lipinski definition) is 2. The highest BCUT2D eigenvalue weighted by molar-refractivity contribution is 5.81. The average molecular weight is 217 g/mol. The Hall–Kier alpha value is -1.51. The summed E-state index contributed by atoms with van der Waals surface area (Å²) in [7, 11) is 0. The third-order valence-electron chi connectivity index (χ3n) is 3.54. The lowest BCUT2D eigenvalue weighted by molar-refractivity contribution is 0.628. The van der Waals surface area contributed by atoms with Gasteiger partial charge in [-0.3, -0.25) is 5.41 Å². The molecule has 0 aliphatic carbocycles. The van der Waals surface area contributed by atoms with Gasteiger partial charge in [0, 0.05) is 23.7 Å². The standard InChI is InChI=1S/C13H19N3/c1-9-8-12(13(14)15)10(2)16(9)11-6-4-3-5-7-11/h3-7,9-10,12H,8H2,1-2H3,(H3,14,15)/t9-,10+,12+/m1/s1. The van der Waals surface area contributed by atoms with Gasteiger partial charge in [0.2, 0.25) is 0 Å². The second kappa shape index (κ2) is 4.16. The largest absolute Gasteiger partial charge is 0.387 e. The number of hydrogen-bond donors (Lipinski definition) is 2. The number of amidine groups is 1. The van der Waals surface area contributed by atoms with Crippen molar-refractivity contribution in [2.75, 3.05) is 4.90 Å². The summed E-state index contributed by atoms with van der Waals surface area (Å²) in [5.41, 5.74) is 6.88. The van der Waals surface area contributed by atoms with E-state index in [1.165, 1.54) is 5.69 Å². The maximum Gasteiger partial charge on any atom is 0.0958 e. The van der Waals surface area contributed by atoms with Crippen molar-refractivity contribution in [3.63, 3.8) is 0 Å². The highest BCUT2D eigenvalue weighted by Crippen LogP contribution is 2.33. The molecule has 1 heterocycles. The highest BCUT2D eigenvalue weighted by Gasteiger charge is 2.37. The molecule has 1 aliphatic rings. The minimum absolute atomic E-state index is 0.190. The van der Waals surface area contributed by atoms with Gasteiger partial charge in [-0.2, -0.15) is 0 Å². The summed E-state index contributed by atoms with van der Waals surface area (Å²) in [6.45, 7) is 4.36. The van der Waals surface area contributed by atoms with Crippen LogP contribution in [0.1, 0.15) is 20.3 Å². The van der Waals surface area contributed by atoms with Crippen molar-refractivity contribution in [3.8, 4) is 0 Å². The van der Waals surface area contributed by atoms with Crippen molar-refractivity contribution in [3.05, 3.63) is 30.3 Å². The Labute approximate surface area is 96.8 Å². The molecule has 0 bridgehead atoms. The minimum atomic E-state index is 0.190. The lowest BCUT2D eigenvalue weighted by Gasteiger charge is -2.29. The van der Waals surface area contributed by atoms with Gasteiger partial charge in [0.25, 0.3) is 0 Å². The third kappa shape index (κ3) is 1.77. The number of nitrogens with zero attached hydrogens (tertiary/aromatic N) is 1. The van der Waals surface area contributed by atoms with Crippen LogP contribution in [0.4, 0.5) is 5.69 Å². The van der Waals surface area contributed by atoms with Crippen molar-refractivity contribution in [1.29, 1.82) is 5.41 Å². The fraction of sp³-hybridized carbons (Fsp3) is 0.462. The van der Waals surface area contributed by atoms with Crippen molar-refractivity contribution in [2.24, 2.45) is 11.7 Å². The summed E-state index contributed by atoms with van der Waals surface area (Å²) in [4.78, 5) is 2.37. The van der Waals surface area contributed by atoms with Crippen LogP contribution >= 0.6 is 0 Å². The maximum absolute atomic E-state index is 7.62. The van der Waals surface area contributed by atoms with Crippen LogP contribution in [0.25, 0.3) is 0 Å².